The van der Waals surface area contributed by atoms with Gasteiger partial charge in [0.25, 0.3) is 0 Å². The zero-order chi connectivity index (χ0) is 22.6. The second kappa shape index (κ2) is 9.41. The van der Waals surface area contributed by atoms with Gasteiger partial charge in [0.2, 0.25) is 21.9 Å². The Labute approximate surface area is 189 Å². The quantitative estimate of drug-likeness (QED) is 0.433. The molecule has 0 amide bonds. The average molecular weight is 485 g/mol. The first-order chi connectivity index (χ1) is 14.7. The molecule has 0 atom stereocenters. The molecule has 0 saturated carbocycles. The number of methoxy groups -OCH3 is 2. The van der Waals surface area contributed by atoms with Crippen molar-refractivity contribution in [2.24, 2.45) is 0 Å². The first kappa shape index (κ1) is 22.7. The Balaban J connectivity index is 1.93. The molecule has 3 N–H and O–H groups in total. The van der Waals surface area contributed by atoms with Crippen molar-refractivity contribution in [1.29, 1.82) is 0 Å². The summed E-state index contributed by atoms with van der Waals surface area (Å²) in [7, 11) is -0.586. The Morgan fingerprint density at radius 2 is 1.65 bits per heavy atom. The van der Waals surface area contributed by atoms with Crippen LogP contribution in [0.15, 0.2) is 36.5 Å². The van der Waals surface area contributed by atoms with Crippen molar-refractivity contribution in [1.82, 2.24) is 15.0 Å². The summed E-state index contributed by atoms with van der Waals surface area (Å²) < 4.78 is 36.2. The molecule has 10 nitrogen and oxygen atoms in total. The summed E-state index contributed by atoms with van der Waals surface area (Å²) in [4.78, 5) is 12.6. The van der Waals surface area contributed by atoms with Gasteiger partial charge in [0, 0.05) is 12.1 Å². The van der Waals surface area contributed by atoms with E-state index in [9.17, 15) is 8.42 Å². The lowest BCUT2D eigenvalue weighted by Gasteiger charge is -2.15. The molecule has 1 aromatic carbocycles. The number of nitrogens with zero attached hydrogens (tertiary/aromatic N) is 3. The first-order valence-corrected chi connectivity index (χ1v) is 11.3. The number of aromatic nitrogens is 3. The molecule has 0 bridgehead atoms. The van der Waals surface area contributed by atoms with Crippen LogP contribution in [0.25, 0.3) is 0 Å². The summed E-state index contributed by atoms with van der Waals surface area (Å²) >= 11 is 12.4. The highest BCUT2D eigenvalue weighted by Gasteiger charge is 2.14. The highest BCUT2D eigenvalue weighted by Crippen LogP contribution is 2.33. The largest absolute Gasteiger partial charge is 0.497 e. The third kappa shape index (κ3) is 6.00. The van der Waals surface area contributed by atoms with Crippen LogP contribution in [0, 0.1) is 0 Å². The lowest BCUT2D eigenvalue weighted by atomic mass is 10.2. The standard InChI is InChI=1S/C18H18Cl2N6O4S/c1-29-10-4-6-13(14(8-10)26-31(3,27)28)22-17-12(20)9-21-18(25-17)24-16-11(19)5-7-15(23-16)30-2/h4-9,26H,1-3H3,(H2,21,22,23,24,25). The lowest BCUT2D eigenvalue weighted by Crippen LogP contribution is -2.11. The van der Waals surface area contributed by atoms with Gasteiger partial charge in [-0.25, -0.2) is 13.4 Å². The van der Waals surface area contributed by atoms with Gasteiger partial charge in [0.15, 0.2) is 11.6 Å². The molecule has 3 aromatic rings. The smallest absolute Gasteiger partial charge is 0.230 e. The van der Waals surface area contributed by atoms with E-state index in [1.807, 2.05) is 0 Å². The maximum atomic E-state index is 11.7. The molecule has 164 valence electrons. The zero-order valence-electron chi connectivity index (χ0n) is 16.6. The predicted octanol–water partition coefficient (Wildman–Crippen LogP) is 4.05. The molecular formula is C18H18Cl2N6O4S. The van der Waals surface area contributed by atoms with E-state index >= 15 is 0 Å². The number of rotatable bonds is 8. The van der Waals surface area contributed by atoms with Crippen LogP contribution in [0.2, 0.25) is 10.0 Å². The number of ether oxygens (including phenoxy) is 2. The van der Waals surface area contributed by atoms with Gasteiger partial charge in [-0.05, 0) is 18.2 Å². The van der Waals surface area contributed by atoms with Crippen LogP contribution in [0.5, 0.6) is 11.6 Å². The van der Waals surface area contributed by atoms with Crippen LogP contribution in [-0.2, 0) is 10.0 Å². The maximum absolute atomic E-state index is 11.7. The molecule has 0 spiro atoms. The number of sulfonamides is 1. The van der Waals surface area contributed by atoms with Crippen LogP contribution in [0.3, 0.4) is 0 Å². The number of halogens is 2. The first-order valence-electron chi connectivity index (χ1n) is 8.61. The minimum atomic E-state index is -3.55. The van der Waals surface area contributed by atoms with E-state index in [2.05, 4.69) is 30.3 Å². The molecule has 3 rings (SSSR count). The molecule has 0 unspecified atom stereocenters. The molecule has 2 aromatic heterocycles. The van der Waals surface area contributed by atoms with E-state index in [1.54, 1.807) is 24.3 Å². The topological polar surface area (TPSA) is 127 Å². The van der Waals surface area contributed by atoms with Gasteiger partial charge in [-0.15, -0.1) is 0 Å². The number of hydrogen-bond donors (Lipinski definition) is 3. The summed E-state index contributed by atoms with van der Waals surface area (Å²) in [6, 6.07) is 8.04. The van der Waals surface area contributed by atoms with Gasteiger partial charge >= 0.3 is 0 Å². The Kier molecular flexibility index (Phi) is 6.88. The summed E-state index contributed by atoms with van der Waals surface area (Å²) in [6.45, 7) is 0. The van der Waals surface area contributed by atoms with Gasteiger partial charge in [-0.3, -0.25) is 4.72 Å². The summed E-state index contributed by atoms with van der Waals surface area (Å²) in [5, 5.41) is 6.43. The van der Waals surface area contributed by atoms with Crippen molar-refractivity contribution in [3.8, 4) is 11.6 Å². The third-order valence-corrected chi connectivity index (χ3v) is 4.95. The third-order valence-electron chi connectivity index (χ3n) is 3.78. The van der Waals surface area contributed by atoms with E-state index in [0.29, 0.717) is 22.3 Å². The normalized spacial score (nSPS) is 11.0. The molecule has 0 fully saturated rings. The number of benzene rings is 1. The summed E-state index contributed by atoms with van der Waals surface area (Å²) in [5.41, 5.74) is 0.652. The van der Waals surface area contributed by atoms with Gasteiger partial charge in [-0.2, -0.15) is 9.97 Å². The fraction of sp³-hybridized carbons (Fsp3) is 0.167. The maximum Gasteiger partial charge on any atom is 0.230 e. The van der Waals surface area contributed by atoms with Crippen LogP contribution < -0.4 is 24.8 Å². The van der Waals surface area contributed by atoms with Crippen LogP contribution >= 0.6 is 23.2 Å². The van der Waals surface area contributed by atoms with Crippen LogP contribution in [-0.4, -0.2) is 43.8 Å². The molecule has 0 aliphatic carbocycles. The molecular weight excluding hydrogens is 467 g/mol. The van der Waals surface area contributed by atoms with Crippen molar-refractivity contribution in [3.63, 3.8) is 0 Å². The van der Waals surface area contributed by atoms with E-state index < -0.39 is 10.0 Å². The molecule has 31 heavy (non-hydrogen) atoms. The lowest BCUT2D eigenvalue weighted by molar-refractivity contribution is 0.398. The summed E-state index contributed by atoms with van der Waals surface area (Å²) in [5.74, 6) is 1.49. The van der Waals surface area contributed by atoms with E-state index in [0.717, 1.165) is 6.26 Å². The minimum Gasteiger partial charge on any atom is -0.497 e. The van der Waals surface area contributed by atoms with Crippen molar-refractivity contribution in [3.05, 3.63) is 46.6 Å². The average Bonchev–Trinajstić information content (AvgIpc) is 2.72. The van der Waals surface area contributed by atoms with Gasteiger partial charge in [-0.1, -0.05) is 23.2 Å². The van der Waals surface area contributed by atoms with Crippen molar-refractivity contribution in [2.45, 2.75) is 0 Å². The molecule has 13 heteroatoms. The second-order valence-electron chi connectivity index (χ2n) is 6.11. The van der Waals surface area contributed by atoms with Gasteiger partial charge in [0.1, 0.15) is 10.8 Å². The number of anilines is 5. The molecule has 0 radical (unpaired) electrons. The molecule has 0 aliphatic heterocycles. The zero-order valence-corrected chi connectivity index (χ0v) is 18.9. The number of pyridine rings is 1. The number of hydrogen-bond acceptors (Lipinski definition) is 9. The molecule has 0 saturated heterocycles. The van der Waals surface area contributed by atoms with E-state index in [-0.39, 0.29) is 28.3 Å². The van der Waals surface area contributed by atoms with Crippen molar-refractivity contribution >= 4 is 62.2 Å². The van der Waals surface area contributed by atoms with Crippen LogP contribution in [0.1, 0.15) is 0 Å². The van der Waals surface area contributed by atoms with Gasteiger partial charge in [0.05, 0.1) is 43.1 Å². The van der Waals surface area contributed by atoms with Gasteiger partial charge < -0.3 is 20.1 Å². The number of nitrogens with one attached hydrogen (secondary N) is 3. The Morgan fingerprint density at radius 1 is 0.903 bits per heavy atom. The molecule has 0 aliphatic rings. The fourth-order valence-electron chi connectivity index (χ4n) is 2.42. The predicted molar refractivity (Wildman–Crippen MR) is 121 cm³/mol. The van der Waals surface area contributed by atoms with Crippen molar-refractivity contribution < 1.29 is 17.9 Å². The monoisotopic (exact) mass is 484 g/mol. The van der Waals surface area contributed by atoms with E-state index in [4.69, 9.17) is 32.7 Å². The Hall–Kier alpha value is -3.02. The Bertz CT molecular complexity index is 1210. The molecule has 2 heterocycles. The highest BCUT2D eigenvalue weighted by atomic mass is 35.5. The SMILES string of the molecule is COc1ccc(Nc2nc(Nc3nc(OC)ccc3Cl)ncc2Cl)c(NS(C)(=O)=O)c1. The minimum absolute atomic E-state index is 0.153. The Morgan fingerprint density at radius 3 is 2.32 bits per heavy atom. The van der Waals surface area contributed by atoms with Crippen molar-refractivity contribution in [2.75, 3.05) is 35.8 Å². The van der Waals surface area contributed by atoms with E-state index in [1.165, 1.54) is 26.5 Å². The fourth-order valence-corrected chi connectivity index (χ4v) is 3.28. The highest BCUT2D eigenvalue weighted by molar-refractivity contribution is 7.92. The summed E-state index contributed by atoms with van der Waals surface area (Å²) in [6.07, 6.45) is 2.42. The van der Waals surface area contributed by atoms with Crippen LogP contribution in [0.4, 0.5) is 29.0 Å². The second-order valence-corrected chi connectivity index (χ2v) is 8.67.